The summed E-state index contributed by atoms with van der Waals surface area (Å²) in [5, 5.41) is 8.25. The summed E-state index contributed by atoms with van der Waals surface area (Å²) in [4.78, 5) is 73.6. The maximum absolute atomic E-state index is 13.2. The number of carbonyl (C=O) groups is 4. The predicted molar refractivity (Wildman–Crippen MR) is 209 cm³/mol. The average Bonchev–Trinajstić information content (AvgIpc) is 3.09. The zero-order valence-corrected chi connectivity index (χ0v) is 33.8. The van der Waals surface area contributed by atoms with Gasteiger partial charge >= 0.3 is 23.9 Å². The van der Waals surface area contributed by atoms with E-state index in [0.29, 0.717) is 18.5 Å². The number of anilines is 1. The van der Waals surface area contributed by atoms with Gasteiger partial charge in [0.25, 0.3) is 0 Å². The summed E-state index contributed by atoms with van der Waals surface area (Å²) in [6, 6.07) is 7.83. The van der Waals surface area contributed by atoms with Gasteiger partial charge in [0.15, 0.2) is 0 Å². The number of piperidine rings is 1. The third kappa shape index (κ3) is 11.7. The van der Waals surface area contributed by atoms with E-state index in [1.54, 1.807) is 56.7 Å². The fourth-order valence-electron chi connectivity index (χ4n) is 7.46. The number of likely N-dealkylation sites (tertiary alicyclic amines) is 1. The third-order valence-corrected chi connectivity index (χ3v) is 10.3. The molecule has 1 aromatic heterocycles. The Morgan fingerprint density at radius 1 is 0.800 bits per heavy atom. The lowest BCUT2D eigenvalue weighted by Crippen LogP contribution is -2.60. The Bertz CT molecular complexity index is 1760. The highest BCUT2D eigenvalue weighted by Crippen LogP contribution is 2.30. The van der Waals surface area contributed by atoms with Crippen LogP contribution < -0.4 is 21.6 Å². The van der Waals surface area contributed by atoms with Crippen molar-refractivity contribution in [1.82, 2.24) is 34.9 Å². The molecule has 1 atom stereocenters. The lowest BCUT2D eigenvalue weighted by molar-refractivity contribution is -0.138. The predicted octanol–water partition coefficient (Wildman–Crippen LogP) is 4.70. The summed E-state index contributed by atoms with van der Waals surface area (Å²) in [7, 11) is 0. The van der Waals surface area contributed by atoms with E-state index in [2.05, 4.69) is 38.0 Å². The summed E-state index contributed by atoms with van der Waals surface area (Å²) in [5.41, 5.74) is 0.408. The number of amides is 5. The highest BCUT2D eigenvalue weighted by atomic mass is 16.6. The van der Waals surface area contributed by atoms with E-state index in [9.17, 15) is 24.0 Å². The number of aryl methyl sites for hydroxylation is 1. The maximum Gasteiger partial charge on any atom is 0.408 e. The molecule has 0 radical (unpaired) electrons. The number of benzene rings is 1. The fourth-order valence-corrected chi connectivity index (χ4v) is 7.46. The summed E-state index contributed by atoms with van der Waals surface area (Å²) >= 11 is 0. The standard InChI is InChI=1S/C40H60N8O7/c1-38(2,3)54-36(52)41-17-13-27-14-18-45(19-15-27)30-11-9-29-26-31(12-10-28(29)25-30)48-20-16-32(43-35(48)51)42-34(50)47-23-21-46(22-24-47)33(49)40(7,8)44-37(53)55-39(4,5)6/h10,12,16,20,26-27,30H,9,11,13-15,17-19,21-25H2,1-8H3,(H,41,52)(H,44,53)(H,42,43,50,51). The summed E-state index contributed by atoms with van der Waals surface area (Å²) < 4.78 is 12.1. The van der Waals surface area contributed by atoms with Gasteiger partial charge in [-0.15, -0.1) is 0 Å². The molecule has 1 aromatic carbocycles. The van der Waals surface area contributed by atoms with Gasteiger partial charge in [-0.2, -0.15) is 4.98 Å². The number of alkyl carbamates (subject to hydrolysis) is 2. The number of urea groups is 1. The average molecular weight is 765 g/mol. The Hall–Kier alpha value is -4.66. The van der Waals surface area contributed by atoms with Gasteiger partial charge in [-0.1, -0.05) is 6.07 Å². The Morgan fingerprint density at radius 2 is 1.44 bits per heavy atom. The maximum atomic E-state index is 13.2. The van der Waals surface area contributed by atoms with Crippen LogP contribution in [0, 0.1) is 5.92 Å². The van der Waals surface area contributed by atoms with Crippen molar-refractivity contribution in [2.45, 2.75) is 117 Å². The number of rotatable bonds is 8. The molecule has 3 heterocycles. The first-order valence-corrected chi connectivity index (χ1v) is 19.6. The molecule has 2 fully saturated rings. The van der Waals surface area contributed by atoms with Crippen LogP contribution in [0.3, 0.4) is 0 Å². The van der Waals surface area contributed by atoms with E-state index in [1.165, 1.54) is 15.7 Å². The normalized spacial score (nSPS) is 18.6. The Kier molecular flexibility index (Phi) is 12.8. The Balaban J connectivity index is 1.07. The van der Waals surface area contributed by atoms with Crippen LogP contribution >= 0.6 is 0 Å². The van der Waals surface area contributed by atoms with Crippen LogP contribution in [-0.2, 0) is 27.1 Å². The highest BCUT2D eigenvalue weighted by Gasteiger charge is 2.37. The second-order valence-electron chi connectivity index (χ2n) is 17.5. The van der Waals surface area contributed by atoms with Gasteiger partial charge < -0.3 is 34.8 Å². The van der Waals surface area contributed by atoms with Gasteiger partial charge in [0.1, 0.15) is 22.6 Å². The van der Waals surface area contributed by atoms with E-state index in [0.717, 1.165) is 57.3 Å². The topological polar surface area (TPSA) is 167 Å². The SMILES string of the molecule is CC(C)(C)OC(=O)NCCC1CCN(C2CCc3cc(-n4ccc(NC(=O)N5CCN(C(=O)C(C)(C)NC(=O)OC(C)(C)C)CC5)nc4=O)ccc3C2)CC1. The number of hydrogen-bond donors (Lipinski definition) is 3. The van der Waals surface area contributed by atoms with E-state index < -0.39 is 34.6 Å². The minimum Gasteiger partial charge on any atom is -0.444 e. The monoisotopic (exact) mass is 764 g/mol. The molecule has 5 amide bonds. The smallest absolute Gasteiger partial charge is 0.408 e. The van der Waals surface area contributed by atoms with Crippen LogP contribution in [-0.4, -0.2) is 117 Å². The number of nitrogens with one attached hydrogen (secondary N) is 3. The van der Waals surface area contributed by atoms with Crippen molar-refractivity contribution in [1.29, 1.82) is 0 Å². The molecule has 0 bridgehead atoms. The largest absolute Gasteiger partial charge is 0.444 e. The number of hydrogen-bond acceptors (Lipinski definition) is 9. The van der Waals surface area contributed by atoms with Crippen LogP contribution in [0.25, 0.3) is 5.69 Å². The van der Waals surface area contributed by atoms with Crippen LogP contribution in [0.2, 0.25) is 0 Å². The molecule has 15 nitrogen and oxygen atoms in total. The number of carbonyl (C=O) groups excluding carboxylic acids is 4. The van der Waals surface area contributed by atoms with Crippen molar-refractivity contribution in [3.05, 3.63) is 52.1 Å². The fraction of sp³-hybridized carbons (Fsp3) is 0.650. The summed E-state index contributed by atoms with van der Waals surface area (Å²) in [6.45, 7) is 18.0. The first-order valence-electron chi connectivity index (χ1n) is 19.6. The van der Waals surface area contributed by atoms with Gasteiger partial charge in [0, 0.05) is 45.0 Å². The first kappa shape index (κ1) is 41.5. The van der Waals surface area contributed by atoms with Gasteiger partial charge in [-0.05, 0) is 142 Å². The summed E-state index contributed by atoms with van der Waals surface area (Å²) in [6.07, 6.45) is 6.77. The number of fused-ring (bicyclic) bond motifs is 1. The summed E-state index contributed by atoms with van der Waals surface area (Å²) in [5.74, 6) is 0.473. The molecule has 2 aromatic rings. The lowest BCUT2D eigenvalue weighted by Gasteiger charge is -2.40. The van der Waals surface area contributed by atoms with Crippen molar-refractivity contribution >= 4 is 29.9 Å². The van der Waals surface area contributed by atoms with Crippen molar-refractivity contribution < 1.29 is 28.7 Å². The second-order valence-corrected chi connectivity index (χ2v) is 17.5. The molecule has 3 N–H and O–H groups in total. The van der Waals surface area contributed by atoms with E-state index in [1.807, 2.05) is 26.8 Å². The second kappa shape index (κ2) is 17.0. The molecule has 0 spiro atoms. The number of ether oxygens (including phenoxy) is 2. The van der Waals surface area contributed by atoms with Gasteiger partial charge in [0.2, 0.25) is 5.91 Å². The minimum absolute atomic E-state index is 0.149. The molecule has 3 aliphatic rings. The molecule has 0 saturated carbocycles. The number of piperazine rings is 1. The van der Waals surface area contributed by atoms with E-state index >= 15 is 0 Å². The molecule has 2 aliphatic heterocycles. The molecular weight excluding hydrogens is 704 g/mol. The van der Waals surface area contributed by atoms with Crippen LogP contribution in [0.4, 0.5) is 20.2 Å². The quantitative estimate of drug-likeness (QED) is 0.346. The lowest BCUT2D eigenvalue weighted by atomic mass is 9.85. The molecule has 2 saturated heterocycles. The molecular formula is C40H60N8O7. The van der Waals surface area contributed by atoms with Crippen LogP contribution in [0.15, 0.2) is 35.3 Å². The van der Waals surface area contributed by atoms with E-state index in [-0.39, 0.29) is 44.0 Å². The Morgan fingerprint density at radius 3 is 2.07 bits per heavy atom. The van der Waals surface area contributed by atoms with Gasteiger partial charge in [0.05, 0.1) is 5.69 Å². The zero-order chi connectivity index (χ0) is 40.1. The van der Waals surface area contributed by atoms with Gasteiger partial charge in [-0.25, -0.2) is 19.2 Å². The number of nitrogens with zero attached hydrogens (tertiary/aromatic N) is 5. The molecule has 5 rings (SSSR count). The molecule has 15 heteroatoms. The molecule has 55 heavy (non-hydrogen) atoms. The van der Waals surface area contributed by atoms with Gasteiger partial charge in [-0.3, -0.25) is 14.7 Å². The van der Waals surface area contributed by atoms with E-state index in [4.69, 9.17) is 9.47 Å². The van der Waals surface area contributed by atoms with Crippen LogP contribution in [0.5, 0.6) is 0 Å². The first-order chi connectivity index (χ1) is 25.8. The molecule has 1 aliphatic carbocycles. The third-order valence-electron chi connectivity index (χ3n) is 10.3. The minimum atomic E-state index is -1.19. The Labute approximate surface area is 324 Å². The van der Waals surface area contributed by atoms with Crippen molar-refractivity contribution in [2.24, 2.45) is 5.92 Å². The van der Waals surface area contributed by atoms with Crippen molar-refractivity contribution in [2.75, 3.05) is 51.1 Å². The van der Waals surface area contributed by atoms with Crippen LogP contribution in [0.1, 0.15) is 92.2 Å². The molecule has 1 unspecified atom stereocenters. The highest BCUT2D eigenvalue weighted by molar-refractivity contribution is 5.90. The molecule has 302 valence electrons. The number of aromatic nitrogens is 2. The van der Waals surface area contributed by atoms with Crippen molar-refractivity contribution in [3.8, 4) is 5.69 Å². The zero-order valence-electron chi connectivity index (χ0n) is 33.8. The van der Waals surface area contributed by atoms with Crippen molar-refractivity contribution in [3.63, 3.8) is 0 Å².